The van der Waals surface area contributed by atoms with E-state index in [9.17, 15) is 14.3 Å². The Kier molecular flexibility index (Phi) is 6.14. The molecule has 8 heteroatoms. The second-order valence-corrected chi connectivity index (χ2v) is 9.53. The first-order chi connectivity index (χ1) is 15.6. The predicted octanol–water partition coefficient (Wildman–Crippen LogP) is 5.02. The van der Waals surface area contributed by atoms with Crippen molar-refractivity contribution in [2.24, 2.45) is 5.92 Å². The van der Waals surface area contributed by atoms with Crippen LogP contribution in [0.1, 0.15) is 62.6 Å². The van der Waals surface area contributed by atoms with E-state index in [1.807, 2.05) is 0 Å². The van der Waals surface area contributed by atoms with E-state index in [-0.39, 0.29) is 23.0 Å². The first kappa shape index (κ1) is 23.2. The number of methoxy groups -OCH3 is 1. The third kappa shape index (κ3) is 4.31. The zero-order valence-electron chi connectivity index (χ0n) is 19.8. The number of carboxylic acids is 1. The summed E-state index contributed by atoms with van der Waals surface area (Å²) in [5, 5.41) is 15.4. The summed E-state index contributed by atoms with van der Waals surface area (Å²) in [6.45, 7) is 9.91. The molecular formula is C25H31FN4O3. The monoisotopic (exact) mass is 454 g/mol. The highest BCUT2D eigenvalue weighted by Gasteiger charge is 2.34. The van der Waals surface area contributed by atoms with Gasteiger partial charge in [0.05, 0.1) is 28.1 Å². The summed E-state index contributed by atoms with van der Waals surface area (Å²) in [5.41, 5.74) is 2.55. The van der Waals surface area contributed by atoms with E-state index in [2.05, 4.69) is 37.6 Å². The van der Waals surface area contributed by atoms with E-state index in [4.69, 9.17) is 9.84 Å². The molecule has 0 atom stereocenters. The summed E-state index contributed by atoms with van der Waals surface area (Å²) in [5.74, 6) is -0.926. The zero-order chi connectivity index (χ0) is 23.9. The molecule has 0 aliphatic carbocycles. The normalized spacial score (nSPS) is 15.5. The number of pyridine rings is 1. The number of hydrogen-bond donors (Lipinski definition) is 1. The largest absolute Gasteiger partial charge is 0.477 e. The molecule has 3 heterocycles. The minimum Gasteiger partial charge on any atom is -0.477 e. The highest BCUT2D eigenvalue weighted by Crippen LogP contribution is 2.38. The maximum atomic E-state index is 13.5. The van der Waals surface area contributed by atoms with Crippen LogP contribution in [0.5, 0.6) is 0 Å². The van der Waals surface area contributed by atoms with Crippen molar-refractivity contribution in [2.75, 3.05) is 25.1 Å². The van der Waals surface area contributed by atoms with Gasteiger partial charge in [0, 0.05) is 20.2 Å². The van der Waals surface area contributed by atoms with Gasteiger partial charge in [0.1, 0.15) is 5.82 Å². The van der Waals surface area contributed by atoms with Gasteiger partial charge in [0.25, 0.3) is 0 Å². The summed E-state index contributed by atoms with van der Waals surface area (Å²) in [7, 11) is 1.75. The zero-order valence-corrected chi connectivity index (χ0v) is 19.8. The molecule has 4 rings (SSSR count). The number of anilines is 1. The molecule has 0 amide bonds. The highest BCUT2D eigenvalue weighted by atomic mass is 19.1. The molecule has 7 nitrogen and oxygen atoms in total. The number of aromatic nitrogens is 3. The Morgan fingerprint density at radius 2 is 1.85 bits per heavy atom. The summed E-state index contributed by atoms with van der Waals surface area (Å²) < 4.78 is 20.9. The summed E-state index contributed by atoms with van der Waals surface area (Å²) in [6.07, 6.45) is 1.88. The fourth-order valence-corrected chi connectivity index (χ4v) is 4.63. The number of rotatable bonds is 6. The molecular weight excluding hydrogens is 423 g/mol. The van der Waals surface area contributed by atoms with Crippen molar-refractivity contribution in [3.05, 3.63) is 47.5 Å². The molecule has 1 saturated heterocycles. The van der Waals surface area contributed by atoms with E-state index >= 15 is 0 Å². The van der Waals surface area contributed by atoms with Crippen LogP contribution in [-0.2, 0) is 4.74 Å². The number of ether oxygens (including phenoxy) is 1. The molecule has 176 valence electrons. The van der Waals surface area contributed by atoms with Crippen molar-refractivity contribution < 1.29 is 19.0 Å². The molecule has 0 radical (unpaired) electrons. The number of aromatic carboxylic acids is 1. The minimum absolute atomic E-state index is 0.0320. The van der Waals surface area contributed by atoms with Crippen molar-refractivity contribution in [3.63, 3.8) is 0 Å². The maximum Gasteiger partial charge on any atom is 0.354 e. The Morgan fingerprint density at radius 1 is 1.21 bits per heavy atom. The number of carboxylic acid groups (broad SMARTS) is 1. The standard InChI is InChI=1S/C25H31FN4O3/c1-15(2)22-21-20(29-12-10-16(11-13-29)25(3,4)33-5)14-19(24(31)32)27-23(21)30(28-22)18-8-6-17(26)7-9-18/h6-9,14-16H,10-13H2,1-5H3,(H,31,32). The molecule has 0 saturated carbocycles. The number of nitrogens with zero attached hydrogens (tertiary/aromatic N) is 4. The van der Waals surface area contributed by atoms with Gasteiger partial charge in [-0.2, -0.15) is 5.10 Å². The molecule has 3 aromatic rings. The van der Waals surface area contributed by atoms with Crippen LogP contribution in [-0.4, -0.2) is 51.6 Å². The smallest absolute Gasteiger partial charge is 0.354 e. The van der Waals surface area contributed by atoms with Gasteiger partial charge in [-0.3, -0.25) is 0 Å². The topological polar surface area (TPSA) is 80.5 Å². The lowest BCUT2D eigenvalue weighted by atomic mass is 9.82. The van der Waals surface area contributed by atoms with Gasteiger partial charge < -0.3 is 14.7 Å². The molecule has 1 aromatic carbocycles. The van der Waals surface area contributed by atoms with Gasteiger partial charge in [-0.05, 0) is 68.9 Å². The molecule has 0 spiro atoms. The van der Waals surface area contributed by atoms with E-state index in [0.29, 0.717) is 17.3 Å². The molecule has 1 aliphatic heterocycles. The van der Waals surface area contributed by atoms with Crippen molar-refractivity contribution in [2.45, 2.75) is 52.1 Å². The van der Waals surface area contributed by atoms with E-state index in [0.717, 1.165) is 42.7 Å². The third-order valence-corrected chi connectivity index (χ3v) is 6.83. The average Bonchev–Trinajstić information content (AvgIpc) is 3.19. The van der Waals surface area contributed by atoms with Gasteiger partial charge in [0.15, 0.2) is 11.3 Å². The number of hydrogen-bond acceptors (Lipinski definition) is 5. The molecule has 1 N–H and O–H groups in total. The highest BCUT2D eigenvalue weighted by molar-refractivity contribution is 5.98. The second kappa shape index (κ2) is 8.74. The maximum absolute atomic E-state index is 13.5. The number of halogens is 1. The number of piperidine rings is 1. The van der Waals surface area contributed by atoms with Crippen molar-refractivity contribution in [3.8, 4) is 5.69 Å². The fraction of sp³-hybridized carbons (Fsp3) is 0.480. The van der Waals surface area contributed by atoms with Crippen LogP contribution < -0.4 is 4.90 Å². The summed E-state index contributed by atoms with van der Waals surface area (Å²) in [6, 6.07) is 7.64. The summed E-state index contributed by atoms with van der Waals surface area (Å²) >= 11 is 0. The quantitative estimate of drug-likeness (QED) is 0.563. The lowest BCUT2D eigenvalue weighted by Crippen LogP contribution is -2.43. The van der Waals surface area contributed by atoms with Gasteiger partial charge in [-0.1, -0.05) is 13.8 Å². The molecule has 0 bridgehead atoms. The minimum atomic E-state index is -1.09. The van der Waals surface area contributed by atoms with Crippen LogP contribution >= 0.6 is 0 Å². The number of benzene rings is 1. The van der Waals surface area contributed by atoms with Gasteiger partial charge >= 0.3 is 5.97 Å². The van der Waals surface area contributed by atoms with Crippen molar-refractivity contribution in [1.82, 2.24) is 14.8 Å². The number of carbonyl (C=O) groups is 1. The lowest BCUT2D eigenvalue weighted by molar-refractivity contribution is -0.0357. The van der Waals surface area contributed by atoms with Crippen LogP contribution in [0, 0.1) is 11.7 Å². The van der Waals surface area contributed by atoms with Gasteiger partial charge in [0.2, 0.25) is 0 Å². The fourth-order valence-electron chi connectivity index (χ4n) is 4.63. The van der Waals surface area contributed by atoms with E-state index in [1.165, 1.54) is 12.1 Å². The first-order valence-electron chi connectivity index (χ1n) is 11.4. The van der Waals surface area contributed by atoms with E-state index in [1.54, 1.807) is 30.0 Å². The van der Waals surface area contributed by atoms with Crippen LogP contribution in [0.2, 0.25) is 0 Å². The molecule has 2 aromatic heterocycles. The third-order valence-electron chi connectivity index (χ3n) is 6.83. The van der Waals surface area contributed by atoms with E-state index < -0.39 is 5.97 Å². The Bertz CT molecular complexity index is 1160. The van der Waals surface area contributed by atoms with Crippen LogP contribution in [0.4, 0.5) is 10.1 Å². The average molecular weight is 455 g/mol. The molecule has 0 unspecified atom stereocenters. The van der Waals surface area contributed by atoms with Crippen LogP contribution in [0.15, 0.2) is 30.3 Å². The molecule has 1 fully saturated rings. The predicted molar refractivity (Wildman–Crippen MR) is 126 cm³/mol. The van der Waals surface area contributed by atoms with Crippen molar-refractivity contribution in [1.29, 1.82) is 0 Å². The number of fused-ring (bicyclic) bond motifs is 1. The van der Waals surface area contributed by atoms with Gasteiger partial charge in [-0.15, -0.1) is 0 Å². The van der Waals surface area contributed by atoms with Gasteiger partial charge in [-0.25, -0.2) is 18.9 Å². The van der Waals surface area contributed by atoms with Crippen LogP contribution in [0.25, 0.3) is 16.7 Å². The SMILES string of the molecule is COC(C)(C)C1CCN(c2cc(C(=O)O)nc3c2c(C(C)C)nn3-c2ccc(F)cc2)CC1. The summed E-state index contributed by atoms with van der Waals surface area (Å²) in [4.78, 5) is 18.7. The Morgan fingerprint density at radius 3 is 2.39 bits per heavy atom. The first-order valence-corrected chi connectivity index (χ1v) is 11.4. The Hall–Kier alpha value is -3.00. The Balaban J connectivity index is 1.86. The molecule has 1 aliphatic rings. The Labute approximate surface area is 193 Å². The lowest BCUT2D eigenvalue weighted by Gasteiger charge is -2.40. The second-order valence-electron chi connectivity index (χ2n) is 9.53. The van der Waals surface area contributed by atoms with Crippen molar-refractivity contribution >= 4 is 22.7 Å². The van der Waals surface area contributed by atoms with Crippen LogP contribution in [0.3, 0.4) is 0 Å². The molecule has 33 heavy (non-hydrogen) atoms.